The zero-order valence-corrected chi connectivity index (χ0v) is 20.0. The van der Waals surface area contributed by atoms with Gasteiger partial charge < -0.3 is 14.8 Å². The first-order valence-electron chi connectivity index (χ1n) is 10.7. The van der Waals surface area contributed by atoms with Crippen LogP contribution in [0, 0.1) is 0 Å². The maximum Gasteiger partial charge on any atom is 0.416 e. The van der Waals surface area contributed by atoms with E-state index in [4.69, 9.17) is 9.47 Å². The number of hydrogen-bond donors (Lipinski definition) is 1. The zero-order valence-electron chi connectivity index (χ0n) is 19.2. The fourth-order valence-electron chi connectivity index (χ4n) is 3.00. The van der Waals surface area contributed by atoms with Gasteiger partial charge in [-0.05, 0) is 56.3 Å². The molecule has 11 heteroatoms. The van der Waals surface area contributed by atoms with Crippen molar-refractivity contribution in [3.05, 3.63) is 83.2 Å². The quantitative estimate of drug-likeness (QED) is 0.374. The molecule has 1 heterocycles. The van der Waals surface area contributed by atoms with Crippen LogP contribution >= 0.6 is 11.8 Å². The second-order valence-electron chi connectivity index (χ2n) is 7.15. The lowest BCUT2D eigenvalue weighted by Crippen LogP contribution is -2.14. The van der Waals surface area contributed by atoms with Crippen molar-refractivity contribution < 1.29 is 37.0 Å². The minimum atomic E-state index is -4.58. The lowest BCUT2D eigenvalue weighted by molar-refractivity contribution is -0.137. The maximum atomic E-state index is 13.0. The number of carbonyl (C=O) groups is 3. The van der Waals surface area contributed by atoms with Crippen molar-refractivity contribution in [2.24, 2.45) is 0 Å². The summed E-state index contributed by atoms with van der Waals surface area (Å²) in [5, 5.41) is 2.62. The molecule has 0 unspecified atom stereocenters. The molecule has 0 fully saturated rings. The summed E-state index contributed by atoms with van der Waals surface area (Å²) < 4.78 is 49.1. The first kappa shape index (κ1) is 26.7. The van der Waals surface area contributed by atoms with Crippen LogP contribution in [0.5, 0.6) is 0 Å². The van der Waals surface area contributed by atoms with E-state index in [1.807, 2.05) is 0 Å². The van der Waals surface area contributed by atoms with Gasteiger partial charge in [0.05, 0.1) is 24.5 Å². The molecule has 1 aromatic heterocycles. The summed E-state index contributed by atoms with van der Waals surface area (Å²) in [7, 11) is 0. The van der Waals surface area contributed by atoms with Gasteiger partial charge in [-0.2, -0.15) is 13.2 Å². The van der Waals surface area contributed by atoms with Gasteiger partial charge in [-0.15, -0.1) is 0 Å². The molecule has 0 aliphatic carbocycles. The second kappa shape index (κ2) is 11.7. The Bertz CT molecular complexity index is 1240. The van der Waals surface area contributed by atoms with Crippen LogP contribution in [0.15, 0.2) is 70.5 Å². The number of hydrogen-bond acceptors (Lipinski definition) is 7. The number of rotatable bonds is 8. The fourth-order valence-corrected chi connectivity index (χ4v) is 3.97. The normalized spacial score (nSPS) is 11.0. The van der Waals surface area contributed by atoms with E-state index >= 15 is 0 Å². The Morgan fingerprint density at radius 1 is 0.889 bits per heavy atom. The van der Waals surface area contributed by atoms with Crippen LogP contribution in [-0.2, 0) is 15.7 Å². The molecule has 3 rings (SSSR count). The summed E-state index contributed by atoms with van der Waals surface area (Å²) >= 11 is 1.11. The number of halogens is 3. The lowest BCUT2D eigenvalue weighted by atomic mass is 10.1. The van der Waals surface area contributed by atoms with Crippen molar-refractivity contribution >= 4 is 35.3 Å². The summed E-state index contributed by atoms with van der Waals surface area (Å²) in [5.74, 6) is -2.18. The molecular formula is C25H21F3N2O5S. The van der Waals surface area contributed by atoms with Crippen LogP contribution < -0.4 is 5.32 Å². The van der Waals surface area contributed by atoms with E-state index in [0.717, 1.165) is 30.0 Å². The van der Waals surface area contributed by atoms with E-state index in [0.29, 0.717) is 15.5 Å². The van der Waals surface area contributed by atoms with Gasteiger partial charge in [0.25, 0.3) is 5.91 Å². The zero-order chi connectivity index (χ0) is 26.3. The molecule has 0 bridgehead atoms. The smallest absolute Gasteiger partial charge is 0.416 e. The summed E-state index contributed by atoms with van der Waals surface area (Å²) in [5.41, 5.74) is -0.988. The van der Waals surface area contributed by atoms with Gasteiger partial charge in [0.15, 0.2) is 0 Å². The third-order valence-electron chi connectivity index (χ3n) is 4.58. The second-order valence-corrected chi connectivity index (χ2v) is 8.26. The minimum Gasteiger partial charge on any atom is -0.461 e. The van der Waals surface area contributed by atoms with Gasteiger partial charge in [-0.1, -0.05) is 30.0 Å². The van der Waals surface area contributed by atoms with Crippen molar-refractivity contribution in [3.63, 3.8) is 0 Å². The van der Waals surface area contributed by atoms with Crippen molar-refractivity contribution in [1.29, 1.82) is 0 Å². The van der Waals surface area contributed by atoms with Gasteiger partial charge in [0.1, 0.15) is 11.4 Å². The summed E-state index contributed by atoms with van der Waals surface area (Å²) in [4.78, 5) is 42.2. The third-order valence-corrected chi connectivity index (χ3v) is 5.63. The predicted octanol–water partition coefficient (Wildman–Crippen LogP) is 5.86. The van der Waals surface area contributed by atoms with Crippen LogP contribution in [0.2, 0.25) is 0 Å². The number of aromatic nitrogens is 1. The summed E-state index contributed by atoms with van der Waals surface area (Å²) in [6.07, 6.45) is -4.58. The van der Waals surface area contributed by atoms with E-state index in [1.54, 1.807) is 38.1 Å². The van der Waals surface area contributed by atoms with E-state index in [9.17, 15) is 27.6 Å². The fraction of sp³-hybridized carbons (Fsp3) is 0.200. The molecule has 1 N–H and O–H groups in total. The molecule has 0 aliphatic heterocycles. The van der Waals surface area contributed by atoms with Crippen LogP contribution in [0.3, 0.4) is 0 Å². The number of ether oxygens (including phenoxy) is 2. The average Bonchev–Trinajstić information content (AvgIpc) is 2.85. The highest BCUT2D eigenvalue weighted by Gasteiger charge is 2.31. The summed E-state index contributed by atoms with van der Waals surface area (Å²) in [6, 6.07) is 13.5. The number of pyridine rings is 1. The van der Waals surface area contributed by atoms with E-state index < -0.39 is 29.6 Å². The lowest BCUT2D eigenvalue weighted by Gasteiger charge is -2.13. The Balaban J connectivity index is 1.91. The highest BCUT2D eigenvalue weighted by Crippen LogP contribution is 2.35. The van der Waals surface area contributed by atoms with E-state index in [1.165, 1.54) is 18.2 Å². The Hall–Kier alpha value is -3.86. The number of benzene rings is 2. The Labute approximate surface area is 209 Å². The molecule has 0 saturated carbocycles. The van der Waals surface area contributed by atoms with Crippen LogP contribution in [0.4, 0.5) is 18.9 Å². The number of nitrogens with zero attached hydrogens (tertiary/aromatic N) is 1. The van der Waals surface area contributed by atoms with Gasteiger partial charge in [0, 0.05) is 15.4 Å². The molecule has 0 aliphatic rings. The molecule has 3 aromatic rings. The van der Waals surface area contributed by atoms with Crippen molar-refractivity contribution in [1.82, 2.24) is 4.98 Å². The van der Waals surface area contributed by atoms with Crippen molar-refractivity contribution in [3.8, 4) is 0 Å². The van der Waals surface area contributed by atoms with Gasteiger partial charge in [0.2, 0.25) is 0 Å². The van der Waals surface area contributed by atoms with Gasteiger partial charge in [-0.3, -0.25) is 4.79 Å². The first-order valence-corrected chi connectivity index (χ1v) is 11.6. The topological polar surface area (TPSA) is 94.6 Å². The number of amides is 1. The number of alkyl halides is 3. The van der Waals surface area contributed by atoms with Gasteiger partial charge in [-0.25, -0.2) is 14.6 Å². The van der Waals surface area contributed by atoms with Gasteiger partial charge >= 0.3 is 18.1 Å². The summed E-state index contributed by atoms with van der Waals surface area (Å²) in [6.45, 7) is 3.48. The Kier molecular flexibility index (Phi) is 8.70. The first-order chi connectivity index (χ1) is 17.1. The van der Waals surface area contributed by atoms with E-state index in [2.05, 4.69) is 10.3 Å². The predicted molar refractivity (Wildman–Crippen MR) is 126 cm³/mol. The molecule has 2 aromatic carbocycles. The maximum absolute atomic E-state index is 13.0. The molecule has 36 heavy (non-hydrogen) atoms. The Morgan fingerprint density at radius 2 is 1.50 bits per heavy atom. The number of carbonyl (C=O) groups excluding carboxylic acids is 3. The standard InChI is InChI=1S/C25H21F3N2O5S/c1-3-34-23(32)19-13-17(14-20(29-19)24(33)35-4-2)36-21-11-6-5-10-18(21)30-22(31)15-8-7-9-16(12-15)25(26,27)28/h5-14H,3-4H2,1-2H3,(H,30,31). The molecule has 0 spiro atoms. The Morgan fingerprint density at radius 3 is 2.08 bits per heavy atom. The highest BCUT2D eigenvalue weighted by molar-refractivity contribution is 7.99. The minimum absolute atomic E-state index is 0.101. The molecule has 188 valence electrons. The van der Waals surface area contributed by atoms with Crippen molar-refractivity contribution in [2.45, 2.75) is 29.8 Å². The molecule has 1 amide bonds. The highest BCUT2D eigenvalue weighted by atomic mass is 32.2. The molecule has 0 atom stereocenters. The van der Waals surface area contributed by atoms with Crippen LogP contribution in [0.25, 0.3) is 0 Å². The number of para-hydroxylation sites is 1. The van der Waals surface area contributed by atoms with Crippen molar-refractivity contribution in [2.75, 3.05) is 18.5 Å². The number of nitrogens with one attached hydrogen (secondary N) is 1. The SMILES string of the molecule is CCOC(=O)c1cc(Sc2ccccc2NC(=O)c2cccc(C(F)(F)F)c2)cc(C(=O)OCC)n1. The van der Waals surface area contributed by atoms with Crippen LogP contribution in [0.1, 0.15) is 50.7 Å². The van der Waals surface area contributed by atoms with E-state index in [-0.39, 0.29) is 30.2 Å². The molecule has 0 saturated heterocycles. The molecule has 7 nitrogen and oxygen atoms in total. The molecule has 0 radical (unpaired) electrons. The third kappa shape index (κ3) is 6.85. The number of anilines is 1. The molecular weight excluding hydrogens is 497 g/mol. The average molecular weight is 519 g/mol. The number of esters is 2. The van der Waals surface area contributed by atoms with Crippen LogP contribution in [-0.4, -0.2) is 36.0 Å². The largest absolute Gasteiger partial charge is 0.461 e. The monoisotopic (exact) mass is 518 g/mol.